The van der Waals surface area contributed by atoms with Gasteiger partial charge in [0.05, 0.1) is 7.11 Å². The van der Waals surface area contributed by atoms with Crippen molar-refractivity contribution in [1.82, 2.24) is 0 Å². The van der Waals surface area contributed by atoms with Gasteiger partial charge >= 0.3 is 5.97 Å². The number of aryl methyl sites for hydroxylation is 1. The standard InChI is InChI=1S/C24H27NO6/c1-14-10-19(17(4)16(3)15(14)2)20(26)12-31-24(28)9-7-18-6-8-21(22(11-18)29-5)30-13-23(25)27/h6-11H,12-13H2,1-5H3,(H2,25,27). The second-order valence-corrected chi connectivity index (χ2v) is 7.15. The van der Waals surface area contributed by atoms with Crippen molar-refractivity contribution in [3.63, 3.8) is 0 Å². The summed E-state index contributed by atoms with van der Waals surface area (Å²) in [7, 11) is 1.45. The van der Waals surface area contributed by atoms with E-state index in [9.17, 15) is 14.4 Å². The van der Waals surface area contributed by atoms with Gasteiger partial charge in [0.15, 0.2) is 24.7 Å². The van der Waals surface area contributed by atoms with Crippen molar-refractivity contribution < 1.29 is 28.6 Å². The zero-order valence-electron chi connectivity index (χ0n) is 18.4. The van der Waals surface area contributed by atoms with Crippen LogP contribution in [0.15, 0.2) is 30.3 Å². The highest BCUT2D eigenvalue weighted by Gasteiger charge is 2.15. The van der Waals surface area contributed by atoms with E-state index in [1.807, 2.05) is 33.8 Å². The number of hydrogen-bond donors (Lipinski definition) is 1. The summed E-state index contributed by atoms with van der Waals surface area (Å²) in [5.41, 5.74) is 10.4. The number of hydrogen-bond acceptors (Lipinski definition) is 6. The summed E-state index contributed by atoms with van der Waals surface area (Å²) in [6.07, 6.45) is 2.75. The second-order valence-electron chi connectivity index (χ2n) is 7.15. The molecule has 0 unspecified atom stereocenters. The van der Waals surface area contributed by atoms with Gasteiger partial charge in [-0.3, -0.25) is 9.59 Å². The highest BCUT2D eigenvalue weighted by molar-refractivity contribution is 6.00. The molecule has 0 fully saturated rings. The van der Waals surface area contributed by atoms with Gasteiger partial charge in [0.1, 0.15) is 0 Å². The molecule has 31 heavy (non-hydrogen) atoms. The summed E-state index contributed by atoms with van der Waals surface area (Å²) in [5.74, 6) is -0.754. The maximum atomic E-state index is 12.5. The highest BCUT2D eigenvalue weighted by atomic mass is 16.5. The minimum atomic E-state index is -0.639. The zero-order valence-corrected chi connectivity index (χ0v) is 18.4. The lowest BCUT2D eigenvalue weighted by molar-refractivity contribution is -0.136. The Morgan fingerprint density at radius 1 is 0.935 bits per heavy atom. The molecule has 164 valence electrons. The fraction of sp³-hybridized carbons (Fsp3) is 0.292. The number of methoxy groups -OCH3 is 1. The Labute approximate surface area is 181 Å². The average molecular weight is 425 g/mol. The van der Waals surface area contributed by atoms with Crippen LogP contribution in [0, 0.1) is 27.7 Å². The molecule has 0 saturated heterocycles. The van der Waals surface area contributed by atoms with Crippen LogP contribution in [-0.4, -0.2) is 38.0 Å². The molecule has 7 heteroatoms. The third-order valence-electron chi connectivity index (χ3n) is 5.10. The molecule has 1 amide bonds. The minimum absolute atomic E-state index is 0.247. The van der Waals surface area contributed by atoms with Crippen molar-refractivity contribution in [2.45, 2.75) is 27.7 Å². The van der Waals surface area contributed by atoms with E-state index < -0.39 is 11.9 Å². The Morgan fingerprint density at radius 3 is 2.29 bits per heavy atom. The van der Waals surface area contributed by atoms with Crippen LogP contribution >= 0.6 is 0 Å². The number of benzene rings is 2. The van der Waals surface area contributed by atoms with Crippen LogP contribution in [0.2, 0.25) is 0 Å². The molecule has 0 saturated carbocycles. The van der Waals surface area contributed by atoms with Crippen molar-refractivity contribution >= 4 is 23.7 Å². The van der Waals surface area contributed by atoms with Crippen LogP contribution in [0.25, 0.3) is 6.08 Å². The fourth-order valence-corrected chi connectivity index (χ4v) is 2.98. The molecule has 2 aromatic rings. The Morgan fingerprint density at radius 2 is 1.65 bits per heavy atom. The SMILES string of the molecule is COc1cc(C=CC(=O)OCC(=O)c2cc(C)c(C)c(C)c2C)ccc1OCC(N)=O. The van der Waals surface area contributed by atoms with E-state index in [2.05, 4.69) is 0 Å². The number of amides is 1. The first-order valence-electron chi connectivity index (χ1n) is 9.68. The topological polar surface area (TPSA) is 105 Å². The van der Waals surface area contributed by atoms with Gasteiger partial charge < -0.3 is 19.9 Å². The summed E-state index contributed by atoms with van der Waals surface area (Å²) in [5, 5.41) is 0. The number of Topliss-reactive ketones (excluding diaryl/α,β-unsaturated/α-hetero) is 1. The van der Waals surface area contributed by atoms with Gasteiger partial charge in [-0.25, -0.2) is 4.79 Å². The molecule has 2 aromatic carbocycles. The molecule has 0 heterocycles. The number of primary amides is 1. The Balaban J connectivity index is 2.01. The number of nitrogens with two attached hydrogens (primary N) is 1. The largest absolute Gasteiger partial charge is 0.493 e. The summed E-state index contributed by atoms with van der Waals surface area (Å²) >= 11 is 0. The monoisotopic (exact) mass is 425 g/mol. The van der Waals surface area contributed by atoms with Crippen molar-refractivity contribution in [2.24, 2.45) is 5.73 Å². The maximum absolute atomic E-state index is 12.5. The van der Waals surface area contributed by atoms with Gasteiger partial charge in [0, 0.05) is 11.6 Å². The van der Waals surface area contributed by atoms with E-state index in [4.69, 9.17) is 19.9 Å². The quantitative estimate of drug-likeness (QED) is 0.376. The predicted octanol–water partition coefficient (Wildman–Crippen LogP) is 3.23. The molecular formula is C24H27NO6. The van der Waals surface area contributed by atoms with Crippen LogP contribution in [0.1, 0.15) is 38.2 Å². The molecule has 7 nitrogen and oxygen atoms in total. The number of esters is 1. The van der Waals surface area contributed by atoms with Gasteiger partial charge in [0.2, 0.25) is 5.78 Å². The molecule has 2 rings (SSSR count). The van der Waals surface area contributed by atoms with E-state index in [0.717, 1.165) is 22.3 Å². The van der Waals surface area contributed by atoms with E-state index in [0.29, 0.717) is 22.6 Å². The Bertz CT molecular complexity index is 1040. The van der Waals surface area contributed by atoms with Gasteiger partial charge in [-0.1, -0.05) is 6.07 Å². The number of rotatable bonds is 9. The molecule has 0 atom stereocenters. The molecule has 0 aliphatic rings. The summed E-state index contributed by atoms with van der Waals surface area (Å²) in [6.45, 7) is 7.22. The lowest BCUT2D eigenvalue weighted by Gasteiger charge is -2.13. The van der Waals surface area contributed by atoms with Crippen LogP contribution in [-0.2, 0) is 14.3 Å². The van der Waals surface area contributed by atoms with Crippen LogP contribution in [0.3, 0.4) is 0 Å². The molecule has 2 N–H and O–H groups in total. The third-order valence-corrected chi connectivity index (χ3v) is 5.10. The first kappa shape index (κ1) is 23.7. The van der Waals surface area contributed by atoms with Gasteiger partial charge in [-0.15, -0.1) is 0 Å². The van der Waals surface area contributed by atoms with Crippen LogP contribution in [0.4, 0.5) is 0 Å². The maximum Gasteiger partial charge on any atom is 0.331 e. The van der Waals surface area contributed by atoms with Crippen molar-refractivity contribution in [1.29, 1.82) is 0 Å². The van der Waals surface area contributed by atoms with E-state index in [1.54, 1.807) is 18.2 Å². The summed E-state index contributed by atoms with van der Waals surface area (Å²) < 4.78 is 15.6. The first-order valence-corrected chi connectivity index (χ1v) is 9.68. The summed E-state index contributed by atoms with van der Waals surface area (Å²) in [6, 6.07) is 6.74. The lowest BCUT2D eigenvalue weighted by Crippen LogP contribution is -2.20. The van der Waals surface area contributed by atoms with Crippen molar-refractivity contribution in [3.8, 4) is 11.5 Å². The normalized spacial score (nSPS) is 10.7. The molecule has 0 aliphatic heterocycles. The molecular weight excluding hydrogens is 398 g/mol. The van der Waals surface area contributed by atoms with Crippen molar-refractivity contribution in [2.75, 3.05) is 20.3 Å². The fourth-order valence-electron chi connectivity index (χ4n) is 2.98. The van der Waals surface area contributed by atoms with E-state index in [-0.39, 0.29) is 19.0 Å². The molecule has 0 aliphatic carbocycles. The van der Waals surface area contributed by atoms with Crippen LogP contribution < -0.4 is 15.2 Å². The number of ether oxygens (including phenoxy) is 3. The zero-order chi connectivity index (χ0) is 23.1. The molecule has 0 radical (unpaired) electrons. The minimum Gasteiger partial charge on any atom is -0.493 e. The number of carbonyl (C=O) groups excluding carboxylic acids is 3. The average Bonchev–Trinajstić information content (AvgIpc) is 2.75. The van der Waals surface area contributed by atoms with Gasteiger partial charge in [0.25, 0.3) is 5.91 Å². The number of carbonyl (C=O) groups is 3. The first-order chi connectivity index (χ1) is 14.6. The third kappa shape index (κ3) is 6.18. The van der Waals surface area contributed by atoms with Crippen LogP contribution in [0.5, 0.6) is 11.5 Å². The van der Waals surface area contributed by atoms with E-state index in [1.165, 1.54) is 19.3 Å². The Hall–Kier alpha value is -3.61. The highest BCUT2D eigenvalue weighted by Crippen LogP contribution is 2.28. The lowest BCUT2D eigenvalue weighted by atomic mass is 9.93. The molecule has 0 aromatic heterocycles. The number of ketones is 1. The predicted molar refractivity (Wildman–Crippen MR) is 117 cm³/mol. The molecule has 0 spiro atoms. The Kier molecular flexibility index (Phi) is 7.96. The molecule has 0 bridgehead atoms. The summed E-state index contributed by atoms with van der Waals surface area (Å²) in [4.78, 5) is 35.4. The van der Waals surface area contributed by atoms with Gasteiger partial charge in [-0.05, 0) is 79.8 Å². The van der Waals surface area contributed by atoms with Gasteiger partial charge in [-0.2, -0.15) is 0 Å². The smallest absolute Gasteiger partial charge is 0.331 e. The van der Waals surface area contributed by atoms with Crippen molar-refractivity contribution in [3.05, 3.63) is 63.7 Å². The second kappa shape index (κ2) is 10.4. The van der Waals surface area contributed by atoms with E-state index >= 15 is 0 Å².